The minimum absolute atomic E-state index is 0.0630. The largest absolute Gasteiger partial charge is 0.480 e. The minimum Gasteiger partial charge on any atom is -0.480 e. The van der Waals surface area contributed by atoms with Crippen LogP contribution in [0.3, 0.4) is 0 Å². The van der Waals surface area contributed by atoms with E-state index in [4.69, 9.17) is 16.7 Å². The van der Waals surface area contributed by atoms with Crippen molar-refractivity contribution < 1.29 is 22.7 Å². The number of hydrogen-bond donors (Lipinski definition) is 2. The van der Waals surface area contributed by atoms with Crippen molar-refractivity contribution in [1.82, 2.24) is 4.72 Å². The molecule has 0 amide bonds. The summed E-state index contributed by atoms with van der Waals surface area (Å²) < 4.78 is 39.7. The molecule has 1 aliphatic carbocycles. The Balaban J connectivity index is 2.35. The van der Waals surface area contributed by atoms with E-state index < -0.39 is 32.2 Å². The van der Waals surface area contributed by atoms with E-state index in [1.165, 1.54) is 6.07 Å². The van der Waals surface area contributed by atoms with Gasteiger partial charge in [-0.15, -0.1) is 0 Å². The van der Waals surface area contributed by atoms with Crippen LogP contribution in [0.25, 0.3) is 0 Å². The number of hydrogen-bond acceptors (Lipinski definition) is 3. The van der Waals surface area contributed by atoms with Crippen LogP contribution in [0.2, 0.25) is 5.02 Å². The van der Waals surface area contributed by atoms with Crippen LogP contribution in [0.4, 0.5) is 4.39 Å². The van der Waals surface area contributed by atoms with E-state index in [0.717, 1.165) is 12.1 Å². The molecule has 0 unspecified atom stereocenters. The van der Waals surface area contributed by atoms with Gasteiger partial charge in [-0.3, -0.25) is 4.79 Å². The van der Waals surface area contributed by atoms with Gasteiger partial charge in [-0.1, -0.05) is 11.6 Å². The third kappa shape index (κ3) is 2.58. The second kappa shape index (κ2) is 4.73. The smallest absolute Gasteiger partial charge is 0.324 e. The number of benzene rings is 1. The molecule has 1 saturated carbocycles. The first-order valence-electron chi connectivity index (χ1n) is 5.49. The van der Waals surface area contributed by atoms with Crippen LogP contribution < -0.4 is 4.72 Å². The van der Waals surface area contributed by atoms with Gasteiger partial charge in [-0.2, -0.15) is 4.72 Å². The summed E-state index contributed by atoms with van der Waals surface area (Å²) in [4.78, 5) is 10.5. The summed E-state index contributed by atoms with van der Waals surface area (Å²) in [6.45, 7) is 0. The quantitative estimate of drug-likeness (QED) is 0.888. The van der Waals surface area contributed by atoms with Crippen molar-refractivity contribution >= 4 is 27.6 Å². The van der Waals surface area contributed by atoms with Gasteiger partial charge in [0.25, 0.3) is 0 Å². The van der Waals surface area contributed by atoms with Crippen molar-refractivity contribution in [2.24, 2.45) is 0 Å². The number of rotatable bonds is 4. The fourth-order valence-corrected chi connectivity index (χ4v) is 3.53. The molecular weight excluding hydrogens is 297 g/mol. The number of carboxylic acids is 1. The fourth-order valence-electron chi connectivity index (χ4n) is 1.90. The molecule has 0 aliphatic heterocycles. The van der Waals surface area contributed by atoms with Crippen molar-refractivity contribution in [3.05, 3.63) is 29.0 Å². The lowest BCUT2D eigenvalue weighted by molar-refractivity contribution is -0.147. The van der Waals surface area contributed by atoms with E-state index in [9.17, 15) is 17.6 Å². The van der Waals surface area contributed by atoms with Gasteiger partial charge in [0.2, 0.25) is 10.0 Å². The Bertz CT molecular complexity index is 628. The Kier molecular flexibility index (Phi) is 3.55. The van der Waals surface area contributed by atoms with Crippen LogP contribution in [-0.2, 0) is 14.8 Å². The van der Waals surface area contributed by atoms with Gasteiger partial charge in [-0.05, 0) is 37.5 Å². The molecule has 1 aliphatic rings. The summed E-state index contributed by atoms with van der Waals surface area (Å²) in [5.41, 5.74) is -1.52. The molecule has 0 atom stereocenters. The van der Waals surface area contributed by atoms with Crippen molar-refractivity contribution in [2.75, 3.05) is 0 Å². The lowest BCUT2D eigenvalue weighted by atomic mass is 9.78. The predicted octanol–water partition coefficient (Wildman–Crippen LogP) is 1.76. The van der Waals surface area contributed by atoms with E-state index in [2.05, 4.69) is 4.72 Å². The molecule has 0 heterocycles. The Labute approximate surface area is 114 Å². The maximum atomic E-state index is 13.6. The molecule has 5 nitrogen and oxygen atoms in total. The molecule has 8 heteroatoms. The Hall–Kier alpha value is -1.18. The van der Waals surface area contributed by atoms with Gasteiger partial charge in [-0.25, -0.2) is 12.8 Å². The maximum Gasteiger partial charge on any atom is 0.324 e. The van der Waals surface area contributed by atoms with Gasteiger partial charge >= 0.3 is 5.97 Å². The zero-order valence-electron chi connectivity index (χ0n) is 9.69. The van der Waals surface area contributed by atoms with Crippen molar-refractivity contribution in [1.29, 1.82) is 0 Å². The monoisotopic (exact) mass is 307 g/mol. The number of aliphatic carboxylic acids is 1. The van der Waals surface area contributed by atoms with Crippen LogP contribution in [0.15, 0.2) is 23.1 Å². The first-order valence-corrected chi connectivity index (χ1v) is 7.35. The summed E-state index contributed by atoms with van der Waals surface area (Å²) in [7, 11) is -4.24. The summed E-state index contributed by atoms with van der Waals surface area (Å²) in [5.74, 6) is -2.27. The van der Waals surface area contributed by atoms with Gasteiger partial charge < -0.3 is 5.11 Å². The molecule has 0 radical (unpaired) electrons. The van der Waals surface area contributed by atoms with E-state index in [-0.39, 0.29) is 17.9 Å². The van der Waals surface area contributed by atoms with Crippen molar-refractivity contribution in [3.63, 3.8) is 0 Å². The Morgan fingerprint density at radius 1 is 1.42 bits per heavy atom. The highest BCUT2D eigenvalue weighted by atomic mass is 35.5. The van der Waals surface area contributed by atoms with Gasteiger partial charge in [0.1, 0.15) is 16.3 Å². The maximum absolute atomic E-state index is 13.6. The first kappa shape index (κ1) is 14.2. The molecule has 0 aromatic heterocycles. The fraction of sp³-hybridized carbons (Fsp3) is 0.364. The molecule has 104 valence electrons. The second-order valence-corrected chi connectivity index (χ2v) is 6.51. The topological polar surface area (TPSA) is 83.5 Å². The third-order valence-electron chi connectivity index (χ3n) is 3.13. The zero-order chi connectivity index (χ0) is 14.3. The van der Waals surface area contributed by atoms with Crippen molar-refractivity contribution in [3.8, 4) is 0 Å². The molecule has 0 bridgehead atoms. The lowest BCUT2D eigenvalue weighted by Crippen LogP contribution is -2.58. The van der Waals surface area contributed by atoms with Crippen molar-refractivity contribution in [2.45, 2.75) is 29.7 Å². The third-order valence-corrected chi connectivity index (χ3v) is 4.93. The second-order valence-electron chi connectivity index (χ2n) is 4.42. The number of nitrogens with one attached hydrogen (secondary N) is 1. The molecule has 19 heavy (non-hydrogen) atoms. The standard InChI is InChI=1S/C11H11ClFNO4S/c12-7-2-3-9(8(13)6-7)19(17,18)14-11(10(15)16)4-1-5-11/h2-3,6,14H,1,4-5H2,(H,15,16). The van der Waals surface area contributed by atoms with Crippen LogP contribution >= 0.6 is 11.6 Å². The number of carboxylic acid groups (broad SMARTS) is 1. The van der Waals surface area contributed by atoms with Crippen LogP contribution in [0.1, 0.15) is 19.3 Å². The molecule has 2 rings (SSSR count). The highest BCUT2D eigenvalue weighted by Crippen LogP contribution is 2.34. The van der Waals surface area contributed by atoms with Gasteiger partial charge in [0, 0.05) is 5.02 Å². The molecule has 0 spiro atoms. The van der Waals surface area contributed by atoms with Crippen LogP contribution in [-0.4, -0.2) is 25.0 Å². The highest BCUT2D eigenvalue weighted by molar-refractivity contribution is 7.89. The minimum atomic E-state index is -4.24. The summed E-state index contributed by atoms with van der Waals surface area (Å²) in [5, 5.41) is 9.13. The van der Waals surface area contributed by atoms with E-state index in [0.29, 0.717) is 6.42 Å². The number of sulfonamides is 1. The van der Waals surface area contributed by atoms with E-state index in [1.807, 2.05) is 0 Å². The number of halogens is 2. The lowest BCUT2D eigenvalue weighted by Gasteiger charge is -2.37. The van der Waals surface area contributed by atoms with Gasteiger partial charge in [0.15, 0.2) is 0 Å². The SMILES string of the molecule is O=C(O)C1(NS(=O)(=O)c2ccc(Cl)cc2F)CCC1. The summed E-state index contributed by atoms with van der Waals surface area (Å²) in [6.07, 6.45) is 0.992. The highest BCUT2D eigenvalue weighted by Gasteiger charge is 2.47. The van der Waals surface area contributed by atoms with Gasteiger partial charge in [0.05, 0.1) is 0 Å². The van der Waals surface area contributed by atoms with Crippen LogP contribution in [0.5, 0.6) is 0 Å². The molecular formula is C11H11ClFNO4S. The molecule has 1 aromatic rings. The van der Waals surface area contributed by atoms with E-state index in [1.54, 1.807) is 0 Å². The Morgan fingerprint density at radius 2 is 2.05 bits per heavy atom. The molecule has 2 N–H and O–H groups in total. The average Bonchev–Trinajstić information content (AvgIpc) is 2.22. The zero-order valence-corrected chi connectivity index (χ0v) is 11.3. The predicted molar refractivity (Wildman–Crippen MR) is 65.9 cm³/mol. The van der Waals surface area contributed by atoms with Crippen LogP contribution in [0, 0.1) is 5.82 Å². The summed E-state index contributed by atoms with van der Waals surface area (Å²) >= 11 is 5.54. The molecule has 1 fully saturated rings. The van der Waals surface area contributed by atoms with E-state index >= 15 is 0 Å². The average molecular weight is 308 g/mol. The molecule has 0 saturated heterocycles. The normalized spacial score (nSPS) is 17.8. The number of carbonyl (C=O) groups is 1. The summed E-state index contributed by atoms with van der Waals surface area (Å²) in [6, 6.07) is 3.10. The molecule has 1 aromatic carbocycles. The Morgan fingerprint density at radius 3 is 2.47 bits per heavy atom. The first-order chi connectivity index (χ1) is 8.77.